The molecule has 0 saturated carbocycles. The monoisotopic (exact) mass is 396 g/mol. The van der Waals surface area contributed by atoms with Crippen LogP contribution >= 0.6 is 0 Å². The molecule has 4 atom stereocenters. The Bertz CT molecular complexity index is 763. The van der Waals surface area contributed by atoms with Crippen molar-refractivity contribution in [2.45, 2.75) is 45.3 Å². The number of carbonyl (C=O) groups is 4. The van der Waals surface area contributed by atoms with Gasteiger partial charge in [-0.25, -0.2) is 4.79 Å². The van der Waals surface area contributed by atoms with Crippen molar-refractivity contribution in [1.29, 1.82) is 0 Å². The first kappa shape index (κ1) is 21.3. The van der Waals surface area contributed by atoms with Gasteiger partial charge in [0.2, 0.25) is 6.10 Å². The summed E-state index contributed by atoms with van der Waals surface area (Å²) in [6.45, 7) is 3.42. The number of esters is 4. The van der Waals surface area contributed by atoms with Gasteiger partial charge in [-0.3, -0.25) is 14.4 Å². The lowest BCUT2D eigenvalue weighted by Gasteiger charge is -2.21. The van der Waals surface area contributed by atoms with Crippen LogP contribution in [0.4, 0.5) is 0 Å². The molecule has 0 radical (unpaired) electrons. The van der Waals surface area contributed by atoms with E-state index in [1.54, 1.807) is 12.3 Å². The summed E-state index contributed by atoms with van der Waals surface area (Å²) in [4.78, 5) is 46.1. The molecule has 0 unspecified atom stereocenters. The van der Waals surface area contributed by atoms with Gasteiger partial charge in [0, 0.05) is 26.8 Å². The summed E-state index contributed by atoms with van der Waals surface area (Å²) >= 11 is 0. The van der Waals surface area contributed by atoms with Gasteiger partial charge in [0.05, 0.1) is 7.11 Å². The van der Waals surface area contributed by atoms with Crippen LogP contribution in [-0.2, 0) is 38.1 Å². The molecule has 2 rings (SSSR count). The third kappa shape index (κ3) is 5.26. The zero-order chi connectivity index (χ0) is 20.8. The quantitative estimate of drug-likeness (QED) is 0.374. The molecule has 1 saturated heterocycles. The number of pyridine rings is 1. The minimum atomic E-state index is -1.03. The molecule has 152 valence electrons. The van der Waals surface area contributed by atoms with E-state index < -0.39 is 48.4 Å². The van der Waals surface area contributed by atoms with Gasteiger partial charge in [-0.1, -0.05) is 0 Å². The van der Waals surface area contributed by atoms with Crippen LogP contribution in [0.3, 0.4) is 0 Å². The summed E-state index contributed by atoms with van der Waals surface area (Å²) in [5, 5.41) is 0. The fourth-order valence-corrected chi connectivity index (χ4v) is 2.82. The van der Waals surface area contributed by atoms with Crippen LogP contribution in [0.5, 0.6) is 0 Å². The molecule has 28 heavy (non-hydrogen) atoms. The van der Waals surface area contributed by atoms with Gasteiger partial charge in [0.1, 0.15) is 18.3 Å². The first-order chi connectivity index (χ1) is 13.2. The molecule has 0 aromatic carbocycles. The van der Waals surface area contributed by atoms with E-state index in [0.717, 1.165) is 0 Å². The summed E-state index contributed by atoms with van der Waals surface area (Å²) in [5.74, 6) is -2.34. The maximum atomic E-state index is 11.8. The Hall–Kier alpha value is -3.01. The summed E-state index contributed by atoms with van der Waals surface area (Å²) in [6, 6.07) is 3.12. The number of carbonyl (C=O) groups excluding carboxylic acids is 4. The van der Waals surface area contributed by atoms with Crippen LogP contribution in [-0.4, -0.2) is 55.9 Å². The van der Waals surface area contributed by atoms with Crippen molar-refractivity contribution in [3.8, 4) is 0 Å². The molecule has 1 aliphatic rings. The van der Waals surface area contributed by atoms with Gasteiger partial charge < -0.3 is 23.7 Å². The van der Waals surface area contributed by atoms with Gasteiger partial charge in [0.25, 0.3) is 0 Å². The van der Waals surface area contributed by atoms with Crippen molar-refractivity contribution in [1.82, 2.24) is 0 Å². The number of ether oxygens (including phenoxy) is 5. The molecular formula is C18H22NO9+. The standard InChI is InChI=1S/C18H22NO9/c1-10(20)25-9-14-15(26-11(2)21)16(27-12(3)22)17(28-14)19-7-5-6-13(8-19)18(23)24-4/h5-8,14-17H,9H2,1-4H3/q+1/t14-,15-,16-,17-/m1/s1. The SMILES string of the molecule is COC(=O)c1ccc[n+]([C@@H]2O[C@H](COC(C)=O)[C@@H](OC(C)=O)[C@H]2OC(C)=O)c1. The number of aromatic nitrogens is 1. The lowest BCUT2D eigenvalue weighted by atomic mass is 10.1. The molecule has 0 aliphatic carbocycles. The van der Waals surface area contributed by atoms with Crippen molar-refractivity contribution < 1.29 is 47.4 Å². The van der Waals surface area contributed by atoms with Crippen molar-refractivity contribution >= 4 is 23.9 Å². The highest BCUT2D eigenvalue weighted by molar-refractivity contribution is 5.88. The summed E-state index contributed by atoms with van der Waals surface area (Å²) in [5.41, 5.74) is 0.239. The van der Waals surface area contributed by atoms with Gasteiger partial charge in [-0.05, 0) is 6.07 Å². The Balaban J connectivity index is 2.39. The zero-order valence-electron chi connectivity index (χ0n) is 15.9. The molecule has 0 N–H and O–H groups in total. The fourth-order valence-electron chi connectivity index (χ4n) is 2.82. The van der Waals surface area contributed by atoms with Crippen LogP contribution in [0, 0.1) is 0 Å². The second-order valence-electron chi connectivity index (χ2n) is 6.05. The van der Waals surface area contributed by atoms with E-state index in [9.17, 15) is 19.2 Å². The van der Waals surface area contributed by atoms with Crippen LogP contribution < -0.4 is 4.57 Å². The minimum Gasteiger partial charge on any atom is -0.465 e. The van der Waals surface area contributed by atoms with Crippen LogP contribution in [0.15, 0.2) is 24.5 Å². The van der Waals surface area contributed by atoms with Crippen LogP contribution in [0.25, 0.3) is 0 Å². The normalized spacial score (nSPS) is 23.6. The van der Waals surface area contributed by atoms with E-state index in [4.69, 9.17) is 23.7 Å². The average Bonchev–Trinajstić information content (AvgIpc) is 2.95. The molecule has 1 aromatic heterocycles. The highest BCUT2D eigenvalue weighted by atomic mass is 16.7. The second kappa shape index (κ2) is 9.27. The third-order valence-corrected chi connectivity index (χ3v) is 3.88. The number of hydrogen-bond acceptors (Lipinski definition) is 9. The molecule has 1 aromatic rings. The molecule has 10 nitrogen and oxygen atoms in total. The van der Waals surface area contributed by atoms with E-state index in [1.807, 2.05) is 0 Å². The summed E-state index contributed by atoms with van der Waals surface area (Å²) in [6.07, 6.45) is -0.812. The van der Waals surface area contributed by atoms with E-state index in [-0.39, 0.29) is 12.2 Å². The Morgan fingerprint density at radius 2 is 1.68 bits per heavy atom. The largest absolute Gasteiger partial charge is 0.465 e. The predicted octanol–water partition coefficient (Wildman–Crippen LogP) is 0.0846. The number of hydrogen-bond donors (Lipinski definition) is 0. The topological polar surface area (TPSA) is 118 Å². The van der Waals surface area contributed by atoms with E-state index in [2.05, 4.69) is 0 Å². The highest BCUT2D eigenvalue weighted by Crippen LogP contribution is 2.31. The van der Waals surface area contributed by atoms with E-state index in [1.165, 1.54) is 44.7 Å². The van der Waals surface area contributed by atoms with Crippen LogP contribution in [0.2, 0.25) is 0 Å². The number of methoxy groups -OCH3 is 1. The lowest BCUT2D eigenvalue weighted by Crippen LogP contribution is -2.48. The Morgan fingerprint density at radius 1 is 1.04 bits per heavy atom. The van der Waals surface area contributed by atoms with Gasteiger partial charge in [-0.2, -0.15) is 4.57 Å². The summed E-state index contributed by atoms with van der Waals surface area (Å²) in [7, 11) is 1.25. The molecular weight excluding hydrogens is 374 g/mol. The van der Waals surface area contributed by atoms with E-state index in [0.29, 0.717) is 0 Å². The molecule has 1 aliphatic heterocycles. The number of nitrogens with zero attached hydrogens (tertiary/aromatic N) is 1. The summed E-state index contributed by atoms with van der Waals surface area (Å²) < 4.78 is 27.7. The molecule has 2 heterocycles. The number of rotatable bonds is 6. The van der Waals surface area contributed by atoms with Crippen molar-refractivity contribution in [2.75, 3.05) is 13.7 Å². The first-order valence-corrected chi connectivity index (χ1v) is 8.45. The molecule has 0 bridgehead atoms. The molecule has 0 amide bonds. The van der Waals surface area contributed by atoms with Gasteiger partial charge in [0.15, 0.2) is 18.5 Å². The maximum absolute atomic E-state index is 11.8. The first-order valence-electron chi connectivity index (χ1n) is 8.45. The Morgan fingerprint density at radius 3 is 2.25 bits per heavy atom. The molecule has 10 heteroatoms. The maximum Gasteiger partial charge on any atom is 0.343 e. The fraction of sp³-hybridized carbons (Fsp3) is 0.500. The zero-order valence-corrected chi connectivity index (χ0v) is 15.9. The third-order valence-electron chi connectivity index (χ3n) is 3.88. The van der Waals surface area contributed by atoms with Crippen LogP contribution in [0.1, 0.15) is 37.4 Å². The van der Waals surface area contributed by atoms with Gasteiger partial charge >= 0.3 is 30.1 Å². The van der Waals surface area contributed by atoms with E-state index >= 15 is 0 Å². The average molecular weight is 396 g/mol. The van der Waals surface area contributed by atoms with Crippen molar-refractivity contribution in [3.05, 3.63) is 30.1 Å². The highest BCUT2D eigenvalue weighted by Gasteiger charge is 2.54. The minimum absolute atomic E-state index is 0.210. The smallest absolute Gasteiger partial charge is 0.343 e. The van der Waals surface area contributed by atoms with Gasteiger partial charge in [-0.15, -0.1) is 0 Å². The van der Waals surface area contributed by atoms with Crippen molar-refractivity contribution in [3.63, 3.8) is 0 Å². The lowest BCUT2D eigenvalue weighted by molar-refractivity contribution is -0.765. The molecule has 1 fully saturated rings. The Labute approximate surface area is 161 Å². The van der Waals surface area contributed by atoms with Crippen molar-refractivity contribution in [2.24, 2.45) is 0 Å². The molecule has 0 spiro atoms. The predicted molar refractivity (Wildman–Crippen MR) is 89.6 cm³/mol. The Kier molecular flexibility index (Phi) is 7.05. The second-order valence-corrected chi connectivity index (χ2v) is 6.05.